The molecule has 1 N–H and O–H groups in total. The SMILES string of the molecule is COc1ccc(S(=O)(=O)N2CCN(c3ccc4[nH]ccc4c3)CC2)cc1.Cl. The molecule has 144 valence electrons. The first-order chi connectivity index (χ1) is 12.6. The highest BCUT2D eigenvalue weighted by Crippen LogP contribution is 2.25. The van der Waals surface area contributed by atoms with E-state index in [4.69, 9.17) is 4.74 Å². The van der Waals surface area contributed by atoms with Crippen molar-refractivity contribution in [3.8, 4) is 5.75 Å². The largest absolute Gasteiger partial charge is 0.497 e. The van der Waals surface area contributed by atoms with Crippen molar-refractivity contribution in [3.05, 3.63) is 54.7 Å². The number of aromatic nitrogens is 1. The van der Waals surface area contributed by atoms with E-state index in [2.05, 4.69) is 28.1 Å². The Hall–Kier alpha value is -2.22. The van der Waals surface area contributed by atoms with Crippen LogP contribution in [0.3, 0.4) is 0 Å². The molecule has 0 spiro atoms. The number of hydrogen-bond acceptors (Lipinski definition) is 4. The summed E-state index contributed by atoms with van der Waals surface area (Å²) in [6.45, 7) is 2.29. The third-order valence-electron chi connectivity index (χ3n) is 4.84. The third-order valence-corrected chi connectivity index (χ3v) is 6.75. The first-order valence-electron chi connectivity index (χ1n) is 8.54. The molecule has 3 aromatic rings. The fourth-order valence-electron chi connectivity index (χ4n) is 3.32. The second kappa shape index (κ2) is 7.80. The van der Waals surface area contributed by atoms with E-state index in [0.717, 1.165) is 16.6 Å². The van der Waals surface area contributed by atoms with Crippen molar-refractivity contribution in [2.45, 2.75) is 4.90 Å². The summed E-state index contributed by atoms with van der Waals surface area (Å²) < 4.78 is 32.3. The van der Waals surface area contributed by atoms with Crippen LogP contribution >= 0.6 is 12.4 Å². The van der Waals surface area contributed by atoms with E-state index in [1.165, 1.54) is 0 Å². The molecule has 0 saturated carbocycles. The van der Waals surface area contributed by atoms with Gasteiger partial charge in [-0.15, -0.1) is 12.4 Å². The molecule has 0 atom stereocenters. The van der Waals surface area contributed by atoms with Crippen LogP contribution in [-0.2, 0) is 10.0 Å². The summed E-state index contributed by atoms with van der Waals surface area (Å²) in [5.74, 6) is 0.647. The maximum atomic E-state index is 12.8. The fraction of sp³-hybridized carbons (Fsp3) is 0.263. The zero-order valence-electron chi connectivity index (χ0n) is 15.0. The van der Waals surface area contributed by atoms with Gasteiger partial charge in [-0.25, -0.2) is 8.42 Å². The number of fused-ring (bicyclic) bond motifs is 1. The zero-order valence-corrected chi connectivity index (χ0v) is 16.6. The standard InChI is InChI=1S/C19H21N3O3S.ClH/c1-25-17-3-5-18(6-4-17)26(23,24)22-12-10-21(11-13-22)16-2-7-19-15(14-16)8-9-20-19;/h2-9,14,20H,10-13H2,1H3;1H. The number of methoxy groups -OCH3 is 1. The van der Waals surface area contributed by atoms with Gasteiger partial charge in [0.1, 0.15) is 5.75 Å². The lowest BCUT2D eigenvalue weighted by Gasteiger charge is -2.35. The Labute approximate surface area is 165 Å². The van der Waals surface area contributed by atoms with E-state index >= 15 is 0 Å². The van der Waals surface area contributed by atoms with Crippen molar-refractivity contribution in [3.63, 3.8) is 0 Å². The molecule has 1 fully saturated rings. The minimum absolute atomic E-state index is 0. The molecule has 1 aliphatic heterocycles. The number of hydrogen-bond donors (Lipinski definition) is 1. The van der Waals surface area contributed by atoms with Crippen LogP contribution in [0.2, 0.25) is 0 Å². The third kappa shape index (κ3) is 3.76. The Morgan fingerprint density at radius 3 is 2.33 bits per heavy atom. The Kier molecular flexibility index (Phi) is 5.64. The number of rotatable bonds is 4. The Balaban J connectivity index is 0.00000210. The number of anilines is 1. The van der Waals surface area contributed by atoms with Crippen LogP contribution in [-0.4, -0.2) is 51.0 Å². The molecule has 0 amide bonds. The van der Waals surface area contributed by atoms with Crippen molar-refractivity contribution in [1.82, 2.24) is 9.29 Å². The Morgan fingerprint density at radius 2 is 1.67 bits per heavy atom. The molecule has 0 radical (unpaired) electrons. The summed E-state index contributed by atoms with van der Waals surface area (Å²) in [6.07, 6.45) is 1.92. The first-order valence-corrected chi connectivity index (χ1v) is 9.98. The van der Waals surface area contributed by atoms with Gasteiger partial charge in [-0.05, 0) is 48.5 Å². The highest BCUT2D eigenvalue weighted by atomic mass is 35.5. The normalized spacial score (nSPS) is 15.5. The number of benzene rings is 2. The molecule has 0 aliphatic carbocycles. The van der Waals surface area contributed by atoms with Gasteiger partial charge < -0.3 is 14.6 Å². The molecule has 2 heterocycles. The molecule has 2 aromatic carbocycles. The smallest absolute Gasteiger partial charge is 0.243 e. The fourth-order valence-corrected chi connectivity index (χ4v) is 4.74. The van der Waals surface area contributed by atoms with E-state index in [1.54, 1.807) is 35.7 Å². The predicted molar refractivity (Wildman–Crippen MR) is 110 cm³/mol. The van der Waals surface area contributed by atoms with Gasteiger partial charge >= 0.3 is 0 Å². The number of nitrogens with one attached hydrogen (secondary N) is 1. The lowest BCUT2D eigenvalue weighted by molar-refractivity contribution is 0.384. The number of halogens is 1. The number of H-pyrrole nitrogens is 1. The highest BCUT2D eigenvalue weighted by molar-refractivity contribution is 7.89. The van der Waals surface area contributed by atoms with Crippen LogP contribution in [0.25, 0.3) is 10.9 Å². The van der Waals surface area contributed by atoms with Crippen LogP contribution in [0.15, 0.2) is 59.6 Å². The second-order valence-corrected chi connectivity index (χ2v) is 8.25. The molecule has 4 rings (SSSR count). The van der Waals surface area contributed by atoms with Crippen LogP contribution < -0.4 is 9.64 Å². The zero-order chi connectivity index (χ0) is 18.1. The van der Waals surface area contributed by atoms with Gasteiger partial charge in [-0.2, -0.15) is 4.31 Å². The van der Waals surface area contributed by atoms with Gasteiger partial charge in [0, 0.05) is 49.0 Å². The highest BCUT2D eigenvalue weighted by Gasteiger charge is 2.28. The molecular weight excluding hydrogens is 386 g/mol. The number of nitrogens with zero attached hydrogens (tertiary/aromatic N) is 2. The van der Waals surface area contributed by atoms with Crippen LogP contribution in [0.5, 0.6) is 5.75 Å². The van der Waals surface area contributed by atoms with E-state index in [-0.39, 0.29) is 12.4 Å². The van der Waals surface area contributed by atoms with Gasteiger partial charge in [0.25, 0.3) is 0 Å². The van der Waals surface area contributed by atoms with Gasteiger partial charge in [-0.3, -0.25) is 0 Å². The molecule has 1 saturated heterocycles. The maximum Gasteiger partial charge on any atom is 0.243 e. The molecular formula is C19H22ClN3O3S. The molecule has 0 unspecified atom stereocenters. The quantitative estimate of drug-likeness (QED) is 0.721. The summed E-state index contributed by atoms with van der Waals surface area (Å²) in [7, 11) is -1.91. The minimum atomic E-state index is -3.47. The molecule has 27 heavy (non-hydrogen) atoms. The van der Waals surface area contributed by atoms with Crippen LogP contribution in [0.4, 0.5) is 5.69 Å². The summed E-state index contributed by atoms with van der Waals surface area (Å²) in [6, 6.07) is 14.9. The molecule has 6 nitrogen and oxygen atoms in total. The van der Waals surface area contributed by atoms with Crippen LogP contribution in [0.1, 0.15) is 0 Å². The number of piperazine rings is 1. The van der Waals surface area contributed by atoms with Gasteiger partial charge in [-0.1, -0.05) is 0 Å². The topological polar surface area (TPSA) is 65.6 Å². The van der Waals surface area contributed by atoms with Crippen molar-refractivity contribution in [2.75, 3.05) is 38.2 Å². The first kappa shape index (κ1) is 19.5. The van der Waals surface area contributed by atoms with Crippen molar-refractivity contribution in [2.24, 2.45) is 0 Å². The van der Waals surface area contributed by atoms with Gasteiger partial charge in [0.2, 0.25) is 10.0 Å². The number of ether oxygens (including phenoxy) is 1. The lowest BCUT2D eigenvalue weighted by Crippen LogP contribution is -2.48. The number of sulfonamides is 1. The van der Waals surface area contributed by atoms with Gasteiger partial charge in [0.05, 0.1) is 12.0 Å². The van der Waals surface area contributed by atoms with Crippen molar-refractivity contribution in [1.29, 1.82) is 0 Å². The summed E-state index contributed by atoms with van der Waals surface area (Å²) >= 11 is 0. The summed E-state index contributed by atoms with van der Waals surface area (Å²) in [4.78, 5) is 5.72. The summed E-state index contributed by atoms with van der Waals surface area (Å²) in [5, 5.41) is 1.16. The monoisotopic (exact) mass is 407 g/mol. The Bertz CT molecular complexity index is 1010. The molecule has 8 heteroatoms. The van der Waals surface area contributed by atoms with E-state index in [1.807, 2.05) is 12.3 Å². The van der Waals surface area contributed by atoms with Crippen molar-refractivity contribution >= 4 is 39.0 Å². The predicted octanol–water partition coefficient (Wildman–Crippen LogP) is 3.11. The Morgan fingerprint density at radius 1 is 0.963 bits per heavy atom. The van der Waals surface area contributed by atoms with Crippen molar-refractivity contribution < 1.29 is 13.2 Å². The maximum absolute atomic E-state index is 12.8. The van der Waals surface area contributed by atoms with E-state index in [9.17, 15) is 8.42 Å². The number of aromatic amines is 1. The molecule has 1 aromatic heterocycles. The molecule has 1 aliphatic rings. The second-order valence-electron chi connectivity index (χ2n) is 6.32. The average Bonchev–Trinajstić information content (AvgIpc) is 3.16. The average molecular weight is 408 g/mol. The summed E-state index contributed by atoms with van der Waals surface area (Å²) in [5.41, 5.74) is 2.23. The minimum Gasteiger partial charge on any atom is -0.497 e. The van der Waals surface area contributed by atoms with Crippen LogP contribution in [0, 0.1) is 0 Å². The van der Waals surface area contributed by atoms with Gasteiger partial charge in [0.15, 0.2) is 0 Å². The van der Waals surface area contributed by atoms with E-state index in [0.29, 0.717) is 36.8 Å². The van der Waals surface area contributed by atoms with E-state index < -0.39 is 10.0 Å². The lowest BCUT2D eigenvalue weighted by atomic mass is 10.2. The molecule has 0 bridgehead atoms.